The van der Waals surface area contributed by atoms with Gasteiger partial charge in [0.25, 0.3) is 0 Å². The van der Waals surface area contributed by atoms with Gasteiger partial charge in [-0.3, -0.25) is 9.79 Å². The number of benzene rings is 2. The van der Waals surface area contributed by atoms with Crippen LogP contribution >= 0.6 is 0 Å². The van der Waals surface area contributed by atoms with Crippen LogP contribution in [-0.4, -0.2) is 24.5 Å². The summed E-state index contributed by atoms with van der Waals surface area (Å²) >= 11 is 0. The van der Waals surface area contributed by atoms with E-state index in [2.05, 4.69) is 23.5 Å². The van der Waals surface area contributed by atoms with Crippen molar-refractivity contribution in [3.63, 3.8) is 0 Å². The zero-order valence-electron chi connectivity index (χ0n) is 13.2. The minimum absolute atomic E-state index is 0.121. The molecule has 23 heavy (non-hydrogen) atoms. The number of ether oxygens (including phenoxy) is 1. The molecular weight excluding hydrogens is 288 g/mol. The highest BCUT2D eigenvalue weighted by molar-refractivity contribution is 6.16. The Morgan fingerprint density at radius 3 is 2.65 bits per heavy atom. The fraction of sp³-hybridized carbons (Fsp3) is 0.263. The fourth-order valence-electron chi connectivity index (χ4n) is 2.70. The van der Waals surface area contributed by atoms with Crippen molar-refractivity contribution in [1.29, 1.82) is 0 Å². The number of esters is 1. The maximum Gasteiger partial charge on any atom is 0.305 e. The quantitative estimate of drug-likeness (QED) is 0.858. The number of nitrogens with one attached hydrogen (secondary N) is 1. The van der Waals surface area contributed by atoms with Gasteiger partial charge in [0.05, 0.1) is 12.3 Å². The van der Waals surface area contributed by atoms with Gasteiger partial charge in [-0.2, -0.15) is 0 Å². The van der Waals surface area contributed by atoms with Gasteiger partial charge in [-0.05, 0) is 19.4 Å². The molecular formula is C19H20N2O2. The van der Waals surface area contributed by atoms with Gasteiger partial charge in [0.1, 0.15) is 6.17 Å². The summed E-state index contributed by atoms with van der Waals surface area (Å²) in [6.45, 7) is 2.23. The molecule has 2 aromatic carbocycles. The van der Waals surface area contributed by atoms with Crippen molar-refractivity contribution in [1.82, 2.24) is 0 Å². The van der Waals surface area contributed by atoms with Crippen molar-refractivity contribution in [2.75, 3.05) is 11.9 Å². The summed E-state index contributed by atoms with van der Waals surface area (Å²) in [5, 5.41) is 3.40. The second kappa shape index (κ2) is 7.09. The molecule has 1 N–H and O–H groups in total. The number of hydrogen-bond donors (Lipinski definition) is 1. The van der Waals surface area contributed by atoms with Crippen molar-refractivity contribution in [3.8, 4) is 0 Å². The summed E-state index contributed by atoms with van der Waals surface area (Å²) in [7, 11) is 0. The molecule has 0 saturated heterocycles. The van der Waals surface area contributed by atoms with Gasteiger partial charge in [-0.25, -0.2) is 0 Å². The van der Waals surface area contributed by atoms with E-state index in [-0.39, 0.29) is 12.1 Å². The third-order valence-electron chi connectivity index (χ3n) is 3.76. The molecule has 1 aliphatic rings. The fourth-order valence-corrected chi connectivity index (χ4v) is 2.70. The molecule has 3 rings (SSSR count). The van der Waals surface area contributed by atoms with Gasteiger partial charge in [-0.15, -0.1) is 0 Å². The number of para-hydroxylation sites is 1. The molecule has 0 fully saturated rings. The van der Waals surface area contributed by atoms with Crippen LogP contribution in [0.1, 0.15) is 30.9 Å². The van der Waals surface area contributed by atoms with Gasteiger partial charge in [0.15, 0.2) is 0 Å². The number of hydrogen-bond acceptors (Lipinski definition) is 4. The lowest BCUT2D eigenvalue weighted by Crippen LogP contribution is -2.27. The summed E-state index contributed by atoms with van der Waals surface area (Å²) in [6.07, 6.45) is 0.854. The first kappa shape index (κ1) is 15.3. The van der Waals surface area contributed by atoms with Crippen molar-refractivity contribution < 1.29 is 9.53 Å². The van der Waals surface area contributed by atoms with Crippen LogP contribution in [0, 0.1) is 0 Å². The van der Waals surface area contributed by atoms with Gasteiger partial charge in [0.2, 0.25) is 0 Å². The molecule has 0 aromatic heterocycles. The Balaban J connectivity index is 1.85. The van der Waals surface area contributed by atoms with Crippen molar-refractivity contribution in [3.05, 3.63) is 65.7 Å². The van der Waals surface area contributed by atoms with E-state index in [1.54, 1.807) is 0 Å². The van der Waals surface area contributed by atoms with Crippen molar-refractivity contribution >= 4 is 17.4 Å². The number of aliphatic imine (C=N–C) groups is 1. The lowest BCUT2D eigenvalue weighted by molar-refractivity contribution is -0.143. The number of carbonyl (C=O) groups is 1. The smallest absolute Gasteiger partial charge is 0.305 e. The van der Waals surface area contributed by atoms with E-state index >= 15 is 0 Å². The van der Waals surface area contributed by atoms with E-state index < -0.39 is 0 Å². The maximum absolute atomic E-state index is 11.6. The average molecular weight is 308 g/mol. The minimum Gasteiger partial charge on any atom is -0.466 e. The van der Waals surface area contributed by atoms with Crippen LogP contribution in [0.2, 0.25) is 0 Å². The summed E-state index contributed by atoms with van der Waals surface area (Å²) in [5.74, 6) is -0.176. The molecule has 1 unspecified atom stereocenters. The second-order valence-electron chi connectivity index (χ2n) is 5.39. The van der Waals surface area contributed by atoms with E-state index in [9.17, 15) is 4.79 Å². The number of anilines is 1. The molecule has 118 valence electrons. The van der Waals surface area contributed by atoms with Crippen LogP contribution in [0.15, 0.2) is 59.6 Å². The normalized spacial score (nSPS) is 16.0. The predicted molar refractivity (Wildman–Crippen MR) is 91.8 cm³/mol. The Labute approximate surface area is 136 Å². The Kier molecular flexibility index (Phi) is 4.71. The molecule has 0 spiro atoms. The lowest BCUT2D eigenvalue weighted by atomic mass is 9.98. The SMILES string of the molecule is CCOC(=O)CCC1N=C(c2ccccc2)c2ccccc2N1. The van der Waals surface area contributed by atoms with Gasteiger partial charge in [0, 0.05) is 23.2 Å². The third-order valence-corrected chi connectivity index (χ3v) is 3.76. The molecule has 1 heterocycles. The highest BCUT2D eigenvalue weighted by Crippen LogP contribution is 2.26. The molecule has 2 aromatic rings. The molecule has 0 saturated carbocycles. The molecule has 0 bridgehead atoms. The Morgan fingerprint density at radius 1 is 1.13 bits per heavy atom. The van der Waals surface area contributed by atoms with Crippen LogP contribution in [0.4, 0.5) is 5.69 Å². The van der Waals surface area contributed by atoms with E-state index in [1.807, 2.05) is 43.3 Å². The molecule has 0 amide bonds. The highest BCUT2D eigenvalue weighted by Gasteiger charge is 2.21. The molecule has 0 radical (unpaired) electrons. The van der Waals surface area contributed by atoms with E-state index in [1.165, 1.54) is 0 Å². The van der Waals surface area contributed by atoms with E-state index in [0.29, 0.717) is 19.4 Å². The topological polar surface area (TPSA) is 50.7 Å². The first-order chi connectivity index (χ1) is 11.3. The molecule has 4 heteroatoms. The molecule has 0 aliphatic carbocycles. The Hall–Kier alpha value is -2.62. The summed E-state index contributed by atoms with van der Waals surface area (Å²) in [5.41, 5.74) is 4.19. The Bertz CT molecular complexity index is 710. The van der Waals surface area contributed by atoms with Crippen molar-refractivity contribution in [2.24, 2.45) is 4.99 Å². The van der Waals surface area contributed by atoms with Crippen LogP contribution in [-0.2, 0) is 9.53 Å². The van der Waals surface area contributed by atoms with Crippen molar-refractivity contribution in [2.45, 2.75) is 25.9 Å². The number of carbonyl (C=O) groups excluding carboxylic acids is 1. The molecule has 4 nitrogen and oxygen atoms in total. The summed E-state index contributed by atoms with van der Waals surface area (Å²) in [4.78, 5) is 16.4. The van der Waals surface area contributed by atoms with Gasteiger partial charge >= 0.3 is 5.97 Å². The van der Waals surface area contributed by atoms with Crippen LogP contribution in [0.25, 0.3) is 0 Å². The summed E-state index contributed by atoms with van der Waals surface area (Å²) < 4.78 is 5.00. The number of fused-ring (bicyclic) bond motifs is 1. The summed E-state index contributed by atoms with van der Waals surface area (Å²) in [6, 6.07) is 18.3. The lowest BCUT2D eigenvalue weighted by Gasteiger charge is -2.25. The molecule has 1 aliphatic heterocycles. The van der Waals surface area contributed by atoms with E-state index in [4.69, 9.17) is 9.73 Å². The first-order valence-electron chi connectivity index (χ1n) is 7.92. The second-order valence-corrected chi connectivity index (χ2v) is 5.39. The van der Waals surface area contributed by atoms with Gasteiger partial charge < -0.3 is 10.1 Å². The third kappa shape index (κ3) is 3.59. The zero-order chi connectivity index (χ0) is 16.1. The molecule has 1 atom stereocenters. The number of nitrogens with zero attached hydrogens (tertiary/aromatic N) is 1. The maximum atomic E-state index is 11.6. The average Bonchev–Trinajstić information content (AvgIpc) is 2.60. The van der Waals surface area contributed by atoms with Crippen LogP contribution in [0.3, 0.4) is 0 Å². The van der Waals surface area contributed by atoms with E-state index in [0.717, 1.165) is 22.5 Å². The van der Waals surface area contributed by atoms with Crippen LogP contribution in [0.5, 0.6) is 0 Å². The largest absolute Gasteiger partial charge is 0.466 e. The predicted octanol–water partition coefficient (Wildman–Crippen LogP) is 3.62. The highest BCUT2D eigenvalue weighted by atomic mass is 16.5. The minimum atomic E-state index is -0.176. The van der Waals surface area contributed by atoms with Gasteiger partial charge in [-0.1, -0.05) is 48.5 Å². The Morgan fingerprint density at radius 2 is 1.87 bits per heavy atom. The monoisotopic (exact) mass is 308 g/mol. The standard InChI is InChI=1S/C19H20N2O2/c1-2-23-18(22)13-12-17-20-16-11-7-6-10-15(16)19(21-17)14-8-4-3-5-9-14/h3-11,17,20H,2,12-13H2,1H3. The number of rotatable bonds is 5. The zero-order valence-corrected chi connectivity index (χ0v) is 13.2. The first-order valence-corrected chi connectivity index (χ1v) is 7.92. The van der Waals surface area contributed by atoms with Crippen LogP contribution < -0.4 is 5.32 Å².